The van der Waals surface area contributed by atoms with Gasteiger partial charge in [-0.2, -0.15) is 8.75 Å². The van der Waals surface area contributed by atoms with Gasteiger partial charge in [-0.3, -0.25) is 4.79 Å². The Morgan fingerprint density at radius 2 is 2.43 bits per heavy atom. The quantitative estimate of drug-likeness (QED) is 0.780. The molecule has 0 saturated carbocycles. The molecule has 3 nitrogen and oxygen atoms in total. The van der Waals surface area contributed by atoms with Gasteiger partial charge in [-0.05, 0) is 11.4 Å². The fourth-order valence-electron chi connectivity index (χ4n) is 0.975. The van der Waals surface area contributed by atoms with Crippen LogP contribution in [0.5, 0.6) is 0 Å². The molecule has 0 bridgehead atoms. The number of carbonyl (C=O) groups excluding carboxylic acids is 1. The number of aromatic nitrogens is 2. The summed E-state index contributed by atoms with van der Waals surface area (Å²) < 4.78 is 7.64. The van der Waals surface area contributed by atoms with E-state index in [1.165, 1.54) is 17.5 Å². The molecule has 2 heterocycles. The molecule has 6 heteroatoms. The molecule has 0 N–H and O–H groups in total. The lowest BCUT2D eigenvalue weighted by Gasteiger charge is -1.94. The molecule has 0 amide bonds. The Kier molecular flexibility index (Phi) is 2.90. The zero-order chi connectivity index (χ0) is 9.97. The highest BCUT2D eigenvalue weighted by Gasteiger charge is 2.12. The molecule has 0 aliphatic heterocycles. The highest BCUT2D eigenvalue weighted by Crippen LogP contribution is 2.23. The average Bonchev–Trinajstić information content (AvgIpc) is 2.77. The monoisotopic (exact) mass is 244 g/mol. The Bertz CT molecular complexity index is 438. The minimum Gasteiger partial charge on any atom is -0.292 e. The first-order chi connectivity index (χ1) is 6.77. The van der Waals surface area contributed by atoms with Crippen LogP contribution in [-0.4, -0.2) is 14.5 Å². The summed E-state index contributed by atoms with van der Waals surface area (Å²) >= 11 is 8.38. The SMILES string of the molecule is O=C(Cc1sccc1Cl)c1cnsn1. The Morgan fingerprint density at radius 3 is 3.00 bits per heavy atom. The molecule has 2 aromatic heterocycles. The van der Waals surface area contributed by atoms with Crippen LogP contribution in [0.2, 0.25) is 5.02 Å². The van der Waals surface area contributed by atoms with E-state index in [4.69, 9.17) is 11.6 Å². The van der Waals surface area contributed by atoms with Gasteiger partial charge in [0.1, 0.15) is 5.69 Å². The van der Waals surface area contributed by atoms with Gasteiger partial charge >= 0.3 is 0 Å². The molecule has 0 radical (unpaired) electrons. The molecule has 2 rings (SSSR count). The molecule has 0 saturated heterocycles. The number of thiophene rings is 1. The maximum Gasteiger partial charge on any atom is 0.189 e. The second kappa shape index (κ2) is 4.16. The molecular weight excluding hydrogens is 240 g/mol. The molecule has 2 aromatic rings. The van der Waals surface area contributed by atoms with Crippen molar-refractivity contribution in [3.05, 3.63) is 33.2 Å². The Balaban J connectivity index is 2.13. The van der Waals surface area contributed by atoms with E-state index in [0.29, 0.717) is 17.1 Å². The number of rotatable bonds is 3. The zero-order valence-electron chi connectivity index (χ0n) is 6.94. The lowest BCUT2D eigenvalue weighted by atomic mass is 10.2. The minimum atomic E-state index is -0.0388. The van der Waals surface area contributed by atoms with Gasteiger partial charge in [-0.15, -0.1) is 11.3 Å². The predicted octanol–water partition coefficient (Wildman–Crippen LogP) is 2.68. The Hall–Kier alpha value is -0.780. The van der Waals surface area contributed by atoms with Gasteiger partial charge in [0.15, 0.2) is 5.78 Å². The van der Waals surface area contributed by atoms with Gasteiger partial charge in [0, 0.05) is 11.3 Å². The fraction of sp³-hybridized carbons (Fsp3) is 0.125. The van der Waals surface area contributed by atoms with Crippen molar-refractivity contribution in [1.82, 2.24) is 8.75 Å². The first kappa shape index (κ1) is 9.76. The normalized spacial score (nSPS) is 10.4. The van der Waals surface area contributed by atoms with Gasteiger partial charge in [0.25, 0.3) is 0 Å². The molecule has 0 aromatic carbocycles. The molecule has 0 aliphatic carbocycles. The lowest BCUT2D eigenvalue weighted by molar-refractivity contribution is 0.0990. The minimum absolute atomic E-state index is 0.0388. The topological polar surface area (TPSA) is 42.9 Å². The summed E-state index contributed by atoms with van der Waals surface area (Å²) in [5, 5.41) is 2.51. The van der Waals surface area contributed by atoms with Crippen LogP contribution in [0.4, 0.5) is 0 Å². The summed E-state index contributed by atoms with van der Waals surface area (Å²) in [7, 11) is 0. The van der Waals surface area contributed by atoms with Crippen LogP contribution in [0.3, 0.4) is 0 Å². The van der Waals surface area contributed by atoms with E-state index in [-0.39, 0.29) is 5.78 Å². The van der Waals surface area contributed by atoms with Gasteiger partial charge < -0.3 is 0 Å². The van der Waals surface area contributed by atoms with Crippen LogP contribution in [0.25, 0.3) is 0 Å². The van der Waals surface area contributed by atoms with Crippen molar-refractivity contribution in [2.45, 2.75) is 6.42 Å². The van der Waals surface area contributed by atoms with Crippen LogP contribution in [0.15, 0.2) is 17.6 Å². The zero-order valence-corrected chi connectivity index (χ0v) is 9.33. The highest BCUT2D eigenvalue weighted by molar-refractivity contribution is 7.10. The molecule has 0 aliphatic rings. The van der Waals surface area contributed by atoms with E-state index < -0.39 is 0 Å². The maximum absolute atomic E-state index is 11.6. The molecule has 0 atom stereocenters. The van der Waals surface area contributed by atoms with E-state index >= 15 is 0 Å². The van der Waals surface area contributed by atoms with Crippen LogP contribution in [-0.2, 0) is 6.42 Å². The van der Waals surface area contributed by atoms with Crippen LogP contribution in [0.1, 0.15) is 15.4 Å². The van der Waals surface area contributed by atoms with Crippen molar-refractivity contribution in [3.63, 3.8) is 0 Å². The summed E-state index contributed by atoms with van der Waals surface area (Å²) in [6.07, 6.45) is 1.79. The molecule has 72 valence electrons. The maximum atomic E-state index is 11.6. The van der Waals surface area contributed by atoms with Crippen molar-refractivity contribution >= 4 is 40.4 Å². The summed E-state index contributed by atoms with van der Waals surface area (Å²) in [5.74, 6) is -0.0388. The first-order valence-corrected chi connectivity index (χ1v) is 5.79. The molecule has 0 spiro atoms. The van der Waals surface area contributed by atoms with Crippen LogP contribution in [0, 0.1) is 0 Å². The number of carbonyl (C=O) groups is 1. The van der Waals surface area contributed by atoms with Crippen molar-refractivity contribution in [1.29, 1.82) is 0 Å². The van der Waals surface area contributed by atoms with Crippen LogP contribution >= 0.6 is 34.7 Å². The number of hydrogen-bond acceptors (Lipinski definition) is 5. The van der Waals surface area contributed by atoms with Crippen LogP contribution < -0.4 is 0 Å². The smallest absolute Gasteiger partial charge is 0.189 e. The number of hydrogen-bond donors (Lipinski definition) is 0. The molecular formula is C8H5ClN2OS2. The van der Waals surface area contributed by atoms with Crippen molar-refractivity contribution in [3.8, 4) is 0 Å². The molecule has 0 fully saturated rings. The largest absolute Gasteiger partial charge is 0.292 e. The second-order valence-corrected chi connectivity index (χ2v) is 4.55. The Labute approximate surface area is 93.7 Å². The average molecular weight is 245 g/mol. The summed E-state index contributed by atoms with van der Waals surface area (Å²) in [5.41, 5.74) is 0.416. The Morgan fingerprint density at radius 1 is 1.57 bits per heavy atom. The summed E-state index contributed by atoms with van der Waals surface area (Å²) in [4.78, 5) is 12.5. The van der Waals surface area contributed by atoms with Gasteiger partial charge in [0.05, 0.1) is 22.9 Å². The van der Waals surface area contributed by atoms with E-state index in [1.54, 1.807) is 6.07 Å². The van der Waals surface area contributed by atoms with E-state index in [0.717, 1.165) is 16.6 Å². The van der Waals surface area contributed by atoms with Crippen molar-refractivity contribution in [2.75, 3.05) is 0 Å². The van der Waals surface area contributed by atoms with E-state index in [9.17, 15) is 4.79 Å². The third kappa shape index (κ3) is 2.00. The number of halogens is 1. The predicted molar refractivity (Wildman–Crippen MR) is 57.3 cm³/mol. The van der Waals surface area contributed by atoms with E-state index in [2.05, 4.69) is 8.75 Å². The first-order valence-electron chi connectivity index (χ1n) is 3.80. The number of ketones is 1. The van der Waals surface area contributed by atoms with E-state index in [1.807, 2.05) is 5.38 Å². The molecule has 14 heavy (non-hydrogen) atoms. The number of Topliss-reactive ketones (excluding diaryl/α,β-unsaturated/α-hetero) is 1. The van der Waals surface area contributed by atoms with Crippen molar-refractivity contribution < 1.29 is 4.79 Å². The standard InChI is InChI=1S/C8H5ClN2OS2/c9-5-1-2-13-8(5)3-7(12)6-4-10-14-11-6/h1-2,4H,3H2. The second-order valence-electron chi connectivity index (χ2n) is 2.58. The van der Waals surface area contributed by atoms with Crippen molar-refractivity contribution in [2.24, 2.45) is 0 Å². The highest BCUT2D eigenvalue weighted by atomic mass is 35.5. The number of nitrogens with zero attached hydrogens (tertiary/aromatic N) is 2. The van der Waals surface area contributed by atoms with Gasteiger partial charge in [0.2, 0.25) is 0 Å². The molecule has 0 unspecified atom stereocenters. The lowest BCUT2D eigenvalue weighted by Crippen LogP contribution is -2.02. The fourth-order valence-corrected chi connectivity index (χ4v) is 2.51. The van der Waals surface area contributed by atoms with Gasteiger partial charge in [-0.25, -0.2) is 0 Å². The third-order valence-corrected chi connectivity index (χ3v) is 3.52. The third-order valence-electron chi connectivity index (χ3n) is 1.66. The van der Waals surface area contributed by atoms with Gasteiger partial charge in [-0.1, -0.05) is 11.6 Å². The summed E-state index contributed by atoms with van der Waals surface area (Å²) in [6.45, 7) is 0. The summed E-state index contributed by atoms with van der Waals surface area (Å²) in [6, 6.07) is 1.79.